The summed E-state index contributed by atoms with van der Waals surface area (Å²) in [4.78, 5) is 35.6. The molecule has 0 aliphatic carbocycles. The number of hydrogen-bond acceptors (Lipinski definition) is 4. The van der Waals surface area contributed by atoms with Gasteiger partial charge in [0.2, 0.25) is 5.91 Å². The van der Waals surface area contributed by atoms with Crippen LogP contribution in [0.1, 0.15) is 32.6 Å². The van der Waals surface area contributed by atoms with E-state index in [2.05, 4.69) is 17.6 Å². The summed E-state index contributed by atoms with van der Waals surface area (Å²) >= 11 is 1.37. The number of carboxylic acids is 1. The van der Waals surface area contributed by atoms with Crippen molar-refractivity contribution in [3.8, 4) is 0 Å². The van der Waals surface area contributed by atoms with Crippen molar-refractivity contribution in [1.82, 2.24) is 15.5 Å². The Morgan fingerprint density at radius 1 is 1.48 bits per heavy atom. The van der Waals surface area contributed by atoms with E-state index in [0.29, 0.717) is 13.0 Å². The lowest BCUT2D eigenvalue weighted by molar-refractivity contribution is -0.146. The molecule has 0 bridgehead atoms. The first-order chi connectivity index (χ1) is 10.0. The summed E-state index contributed by atoms with van der Waals surface area (Å²) in [7, 11) is 0. The van der Waals surface area contributed by atoms with Gasteiger partial charge in [-0.1, -0.05) is 19.8 Å². The van der Waals surface area contributed by atoms with E-state index in [4.69, 9.17) is 5.11 Å². The first-order valence-electron chi connectivity index (χ1n) is 7.00. The smallest absolute Gasteiger partial charge is 0.352 e. The average molecular weight is 313 g/mol. The molecule has 2 aliphatic rings. The largest absolute Gasteiger partial charge is 0.477 e. The second kappa shape index (κ2) is 6.84. The minimum absolute atomic E-state index is 0.0497. The van der Waals surface area contributed by atoms with Crippen molar-refractivity contribution < 1.29 is 19.5 Å². The highest BCUT2D eigenvalue weighted by atomic mass is 32.2. The topological polar surface area (TPSA) is 98.7 Å². The third-order valence-electron chi connectivity index (χ3n) is 3.34. The van der Waals surface area contributed by atoms with Crippen molar-refractivity contribution in [2.75, 3.05) is 6.54 Å². The monoisotopic (exact) mass is 313 g/mol. The molecule has 0 radical (unpaired) electrons. The molecule has 2 heterocycles. The van der Waals surface area contributed by atoms with Crippen molar-refractivity contribution in [2.24, 2.45) is 0 Å². The first kappa shape index (κ1) is 15.7. The minimum atomic E-state index is -1.15. The van der Waals surface area contributed by atoms with Crippen molar-refractivity contribution in [1.29, 1.82) is 0 Å². The number of nitrogens with zero attached hydrogens (tertiary/aromatic N) is 1. The van der Waals surface area contributed by atoms with Crippen LogP contribution >= 0.6 is 11.8 Å². The fourth-order valence-electron chi connectivity index (χ4n) is 2.23. The van der Waals surface area contributed by atoms with Gasteiger partial charge in [-0.05, 0) is 12.5 Å². The van der Waals surface area contributed by atoms with Crippen LogP contribution in [0, 0.1) is 0 Å². The van der Waals surface area contributed by atoms with E-state index in [1.807, 2.05) is 0 Å². The fraction of sp³-hybridized carbons (Fsp3) is 0.615. The zero-order valence-electron chi connectivity index (χ0n) is 11.8. The Balaban J connectivity index is 1.89. The molecule has 21 heavy (non-hydrogen) atoms. The summed E-state index contributed by atoms with van der Waals surface area (Å²) < 4.78 is 0. The summed E-state index contributed by atoms with van der Waals surface area (Å²) in [6.07, 6.45) is 4.78. The maximum Gasteiger partial charge on any atom is 0.352 e. The standard InChI is InChI=1S/C13H19N3O4S/c1-2-3-4-5-14-13(20)15-9-6-8(12(18)19)16-10(17)7-11(16)21-9/h6,9,11H,2-5,7H2,1H3,(H,18,19)(H2,14,15,20)/t9?,11-/m1/s1. The Bertz CT molecular complexity index is 480. The number of unbranched alkanes of at least 4 members (excludes halogenated alkanes) is 2. The van der Waals surface area contributed by atoms with Gasteiger partial charge in [0.15, 0.2) is 0 Å². The number of β-lactam (4-membered cyclic amide) rings is 1. The Morgan fingerprint density at radius 2 is 2.24 bits per heavy atom. The maximum atomic E-state index is 11.7. The van der Waals surface area contributed by atoms with Crippen LogP contribution in [-0.4, -0.2) is 45.2 Å². The van der Waals surface area contributed by atoms with Gasteiger partial charge in [0.1, 0.15) is 5.70 Å². The number of amides is 3. The second-order valence-electron chi connectivity index (χ2n) is 4.94. The van der Waals surface area contributed by atoms with Gasteiger partial charge in [0, 0.05) is 6.54 Å². The number of thioether (sulfide) groups is 1. The number of hydrogen-bond donors (Lipinski definition) is 3. The number of urea groups is 1. The van der Waals surface area contributed by atoms with Gasteiger partial charge in [-0.3, -0.25) is 9.69 Å². The molecule has 0 aromatic rings. The summed E-state index contributed by atoms with van der Waals surface area (Å²) in [5.74, 6) is -1.34. The second-order valence-corrected chi connectivity index (χ2v) is 6.27. The molecule has 0 spiro atoms. The third kappa shape index (κ3) is 3.69. The van der Waals surface area contributed by atoms with E-state index < -0.39 is 11.3 Å². The third-order valence-corrected chi connectivity index (χ3v) is 4.58. The lowest BCUT2D eigenvalue weighted by atomic mass is 10.1. The number of aliphatic carboxylic acids is 1. The predicted molar refractivity (Wildman–Crippen MR) is 78.4 cm³/mol. The van der Waals surface area contributed by atoms with E-state index in [-0.39, 0.29) is 23.0 Å². The SMILES string of the molecule is CCCCCNC(=O)NC1C=C(C(=O)O)N2C(=O)C[C@H]2S1. The van der Waals surface area contributed by atoms with Crippen molar-refractivity contribution in [3.05, 3.63) is 11.8 Å². The predicted octanol–water partition coefficient (Wildman–Crippen LogP) is 1.08. The molecule has 0 aromatic carbocycles. The van der Waals surface area contributed by atoms with Crippen LogP contribution in [0.4, 0.5) is 4.79 Å². The molecule has 2 atom stereocenters. The van der Waals surface area contributed by atoms with Crippen LogP contribution in [0.25, 0.3) is 0 Å². The van der Waals surface area contributed by atoms with E-state index in [1.54, 1.807) is 0 Å². The summed E-state index contributed by atoms with van der Waals surface area (Å²) in [6, 6.07) is -0.316. The average Bonchev–Trinajstić information content (AvgIpc) is 2.42. The molecule has 1 saturated heterocycles. The van der Waals surface area contributed by atoms with Gasteiger partial charge < -0.3 is 15.7 Å². The highest BCUT2D eigenvalue weighted by Crippen LogP contribution is 2.39. The molecule has 1 unspecified atom stereocenters. The van der Waals surface area contributed by atoms with E-state index >= 15 is 0 Å². The normalized spacial score (nSPS) is 23.8. The molecule has 0 aromatic heterocycles. The van der Waals surface area contributed by atoms with Crippen molar-refractivity contribution >= 4 is 29.7 Å². The van der Waals surface area contributed by atoms with Gasteiger partial charge in [-0.2, -0.15) is 0 Å². The zero-order valence-corrected chi connectivity index (χ0v) is 12.6. The molecule has 7 nitrogen and oxygen atoms in total. The first-order valence-corrected chi connectivity index (χ1v) is 7.94. The number of fused-ring (bicyclic) bond motifs is 1. The Labute approximate surface area is 127 Å². The number of carbonyl (C=O) groups excluding carboxylic acids is 2. The quantitative estimate of drug-likeness (QED) is 0.503. The zero-order chi connectivity index (χ0) is 15.4. The van der Waals surface area contributed by atoms with Crippen molar-refractivity contribution in [2.45, 2.75) is 43.4 Å². The van der Waals surface area contributed by atoms with E-state index in [0.717, 1.165) is 19.3 Å². The Morgan fingerprint density at radius 3 is 2.86 bits per heavy atom. The van der Waals surface area contributed by atoms with Gasteiger partial charge >= 0.3 is 12.0 Å². The van der Waals surface area contributed by atoms with Crippen LogP contribution in [-0.2, 0) is 9.59 Å². The maximum absolute atomic E-state index is 11.7. The lowest BCUT2D eigenvalue weighted by Crippen LogP contribution is -2.56. The highest BCUT2D eigenvalue weighted by molar-refractivity contribution is 8.00. The number of nitrogens with one attached hydrogen (secondary N) is 2. The molecule has 0 saturated carbocycles. The molecule has 8 heteroatoms. The van der Waals surface area contributed by atoms with Crippen LogP contribution in [0.5, 0.6) is 0 Å². The number of rotatable bonds is 6. The molecule has 2 rings (SSSR count). The number of carbonyl (C=O) groups is 3. The summed E-state index contributed by atoms with van der Waals surface area (Å²) in [5.41, 5.74) is -0.0497. The molecule has 3 N–H and O–H groups in total. The van der Waals surface area contributed by atoms with Gasteiger partial charge in [-0.15, -0.1) is 11.8 Å². The molecule has 116 valence electrons. The molecule has 2 aliphatic heterocycles. The minimum Gasteiger partial charge on any atom is -0.477 e. The number of carboxylic acid groups (broad SMARTS) is 1. The van der Waals surface area contributed by atoms with Crippen LogP contribution in [0.3, 0.4) is 0 Å². The Kier molecular flexibility index (Phi) is 5.11. The lowest BCUT2D eigenvalue weighted by Gasteiger charge is -2.44. The summed E-state index contributed by atoms with van der Waals surface area (Å²) in [6.45, 7) is 2.68. The van der Waals surface area contributed by atoms with Gasteiger partial charge in [0.25, 0.3) is 0 Å². The van der Waals surface area contributed by atoms with E-state index in [9.17, 15) is 14.4 Å². The van der Waals surface area contributed by atoms with Crippen molar-refractivity contribution in [3.63, 3.8) is 0 Å². The summed E-state index contributed by atoms with van der Waals surface area (Å²) in [5, 5.41) is 14.0. The van der Waals surface area contributed by atoms with Crippen LogP contribution < -0.4 is 10.6 Å². The van der Waals surface area contributed by atoms with Crippen LogP contribution in [0.2, 0.25) is 0 Å². The van der Waals surface area contributed by atoms with Gasteiger partial charge in [0.05, 0.1) is 17.2 Å². The van der Waals surface area contributed by atoms with E-state index in [1.165, 1.54) is 22.7 Å². The molecular formula is C13H19N3O4S. The Hall–Kier alpha value is -1.70. The highest BCUT2D eigenvalue weighted by Gasteiger charge is 2.45. The molecular weight excluding hydrogens is 294 g/mol. The van der Waals surface area contributed by atoms with Gasteiger partial charge in [-0.25, -0.2) is 9.59 Å². The fourth-order valence-corrected chi connectivity index (χ4v) is 3.54. The van der Waals surface area contributed by atoms with Crippen LogP contribution in [0.15, 0.2) is 11.8 Å². The molecule has 1 fully saturated rings. The molecule has 3 amide bonds.